The minimum atomic E-state index is 0.742. The first-order chi connectivity index (χ1) is 6.29. The molecule has 1 aromatic rings. The van der Waals surface area contributed by atoms with Gasteiger partial charge in [-0.25, -0.2) is 4.98 Å². The van der Waals surface area contributed by atoms with Crippen molar-refractivity contribution in [3.63, 3.8) is 0 Å². The molecule has 1 heterocycles. The van der Waals surface area contributed by atoms with Gasteiger partial charge in [-0.15, -0.1) is 11.3 Å². The standard InChI is InChI=1S/C10H12N2S/c1-3-5-8(6-4-2)9-10(11)13-7-12-9/h3-7H,1,11H2,2H3/b6-4-,8-5+. The van der Waals surface area contributed by atoms with Gasteiger partial charge in [0.15, 0.2) is 0 Å². The van der Waals surface area contributed by atoms with E-state index < -0.39 is 0 Å². The Hall–Kier alpha value is -1.35. The van der Waals surface area contributed by atoms with E-state index in [0.29, 0.717) is 0 Å². The molecule has 0 radical (unpaired) electrons. The van der Waals surface area contributed by atoms with Crippen LogP contribution in [-0.4, -0.2) is 4.98 Å². The highest BCUT2D eigenvalue weighted by Crippen LogP contribution is 2.24. The summed E-state index contributed by atoms with van der Waals surface area (Å²) >= 11 is 1.44. The summed E-state index contributed by atoms with van der Waals surface area (Å²) in [5.74, 6) is 0. The summed E-state index contributed by atoms with van der Waals surface area (Å²) in [6.07, 6.45) is 7.54. The number of aromatic nitrogens is 1. The quantitative estimate of drug-likeness (QED) is 0.748. The zero-order valence-electron chi connectivity index (χ0n) is 7.53. The van der Waals surface area contributed by atoms with Crippen LogP contribution in [0, 0.1) is 0 Å². The van der Waals surface area contributed by atoms with Crippen LogP contribution in [0.4, 0.5) is 5.00 Å². The summed E-state index contributed by atoms with van der Waals surface area (Å²) in [5.41, 5.74) is 9.32. The summed E-state index contributed by atoms with van der Waals surface area (Å²) in [7, 11) is 0. The van der Waals surface area contributed by atoms with Crippen molar-refractivity contribution in [2.45, 2.75) is 6.92 Å². The van der Waals surface area contributed by atoms with Gasteiger partial charge in [-0.1, -0.05) is 30.9 Å². The van der Waals surface area contributed by atoms with Crippen LogP contribution in [0.5, 0.6) is 0 Å². The minimum Gasteiger partial charge on any atom is -0.389 e. The lowest BCUT2D eigenvalue weighted by molar-refractivity contribution is 1.36. The number of thiazole rings is 1. The van der Waals surface area contributed by atoms with Crippen molar-refractivity contribution >= 4 is 21.9 Å². The number of allylic oxidation sites excluding steroid dienone is 5. The molecule has 0 unspecified atom stereocenters. The lowest BCUT2D eigenvalue weighted by Crippen LogP contribution is -1.88. The van der Waals surface area contributed by atoms with Crippen LogP contribution in [0.25, 0.3) is 5.57 Å². The molecule has 0 aromatic carbocycles. The SMILES string of the molecule is C=C/C=C(\C=C/C)c1ncsc1N. The Morgan fingerprint density at radius 1 is 1.69 bits per heavy atom. The number of nitrogens with two attached hydrogens (primary N) is 1. The van der Waals surface area contributed by atoms with E-state index in [1.54, 1.807) is 11.6 Å². The van der Waals surface area contributed by atoms with E-state index >= 15 is 0 Å². The highest BCUT2D eigenvalue weighted by Gasteiger charge is 2.04. The van der Waals surface area contributed by atoms with Gasteiger partial charge in [0, 0.05) is 5.57 Å². The highest BCUT2D eigenvalue weighted by atomic mass is 32.1. The molecule has 0 saturated carbocycles. The zero-order valence-corrected chi connectivity index (χ0v) is 8.34. The molecular formula is C10H12N2S. The van der Waals surface area contributed by atoms with Crippen LogP contribution in [-0.2, 0) is 0 Å². The molecule has 2 nitrogen and oxygen atoms in total. The van der Waals surface area contributed by atoms with Gasteiger partial charge in [0.1, 0.15) is 10.7 Å². The van der Waals surface area contributed by atoms with Gasteiger partial charge in [-0.3, -0.25) is 0 Å². The summed E-state index contributed by atoms with van der Waals surface area (Å²) in [4.78, 5) is 4.18. The van der Waals surface area contributed by atoms with Gasteiger partial charge >= 0.3 is 0 Å². The van der Waals surface area contributed by atoms with Crippen molar-refractivity contribution in [3.05, 3.63) is 42.1 Å². The monoisotopic (exact) mass is 192 g/mol. The predicted molar refractivity (Wildman–Crippen MR) is 59.5 cm³/mol. The molecule has 13 heavy (non-hydrogen) atoms. The molecule has 0 saturated heterocycles. The molecule has 0 aliphatic carbocycles. The highest BCUT2D eigenvalue weighted by molar-refractivity contribution is 7.13. The molecule has 2 N–H and O–H groups in total. The third-order valence-corrected chi connectivity index (χ3v) is 2.17. The molecule has 0 spiro atoms. The second kappa shape index (κ2) is 4.62. The fourth-order valence-electron chi connectivity index (χ4n) is 0.992. The van der Waals surface area contributed by atoms with Crippen molar-refractivity contribution in [2.24, 2.45) is 0 Å². The Morgan fingerprint density at radius 2 is 2.46 bits per heavy atom. The number of rotatable bonds is 3. The van der Waals surface area contributed by atoms with Gasteiger partial charge in [0.05, 0.1) is 5.51 Å². The Kier molecular flexibility index (Phi) is 3.46. The fraction of sp³-hybridized carbons (Fsp3) is 0.100. The zero-order chi connectivity index (χ0) is 9.68. The molecule has 0 aliphatic rings. The Balaban J connectivity index is 3.09. The van der Waals surface area contributed by atoms with Crippen molar-refractivity contribution in [1.82, 2.24) is 4.98 Å². The summed E-state index contributed by atoms with van der Waals surface area (Å²) in [5, 5.41) is 0.742. The minimum absolute atomic E-state index is 0.742. The molecule has 1 rings (SSSR count). The van der Waals surface area contributed by atoms with Crippen LogP contribution in [0.2, 0.25) is 0 Å². The first-order valence-corrected chi connectivity index (χ1v) is 4.82. The third kappa shape index (κ3) is 2.29. The van der Waals surface area contributed by atoms with Crippen LogP contribution in [0.15, 0.2) is 36.4 Å². The van der Waals surface area contributed by atoms with Crippen molar-refractivity contribution in [3.8, 4) is 0 Å². The van der Waals surface area contributed by atoms with E-state index in [0.717, 1.165) is 16.3 Å². The largest absolute Gasteiger partial charge is 0.389 e. The van der Waals surface area contributed by atoms with Gasteiger partial charge < -0.3 is 5.73 Å². The maximum Gasteiger partial charge on any atom is 0.114 e. The summed E-state index contributed by atoms with van der Waals surface area (Å²) in [6, 6.07) is 0. The van der Waals surface area contributed by atoms with Crippen LogP contribution in [0.1, 0.15) is 12.6 Å². The van der Waals surface area contributed by atoms with Crippen molar-refractivity contribution < 1.29 is 0 Å². The molecule has 68 valence electrons. The van der Waals surface area contributed by atoms with Crippen LogP contribution in [0.3, 0.4) is 0 Å². The van der Waals surface area contributed by atoms with Gasteiger partial charge in [0.2, 0.25) is 0 Å². The van der Waals surface area contributed by atoms with Gasteiger partial charge in [0.25, 0.3) is 0 Å². The first kappa shape index (κ1) is 9.74. The van der Waals surface area contributed by atoms with Crippen LogP contribution < -0.4 is 5.73 Å². The van der Waals surface area contributed by atoms with Crippen molar-refractivity contribution in [2.75, 3.05) is 5.73 Å². The van der Waals surface area contributed by atoms with E-state index in [-0.39, 0.29) is 0 Å². The molecule has 0 atom stereocenters. The number of nitrogens with zero attached hydrogens (tertiary/aromatic N) is 1. The summed E-state index contributed by atoms with van der Waals surface area (Å²) in [6.45, 7) is 5.60. The van der Waals surface area contributed by atoms with E-state index in [2.05, 4.69) is 11.6 Å². The number of anilines is 1. The molecule has 0 bridgehead atoms. The van der Waals surface area contributed by atoms with Crippen LogP contribution >= 0.6 is 11.3 Å². The lowest BCUT2D eigenvalue weighted by atomic mass is 10.1. The maximum atomic E-state index is 5.75. The van der Waals surface area contributed by atoms with E-state index in [9.17, 15) is 0 Å². The summed E-state index contributed by atoms with van der Waals surface area (Å²) < 4.78 is 0. The molecule has 0 aliphatic heterocycles. The normalized spacial score (nSPS) is 12.2. The average molecular weight is 192 g/mol. The van der Waals surface area contributed by atoms with Gasteiger partial charge in [-0.05, 0) is 6.92 Å². The average Bonchev–Trinajstić information content (AvgIpc) is 2.51. The Bertz CT molecular complexity index is 348. The Labute approximate surface area is 82.1 Å². The molecule has 3 heteroatoms. The van der Waals surface area contributed by atoms with E-state index in [4.69, 9.17) is 5.73 Å². The molecule has 1 aromatic heterocycles. The lowest BCUT2D eigenvalue weighted by Gasteiger charge is -1.97. The number of hydrogen-bond donors (Lipinski definition) is 1. The second-order valence-corrected chi connectivity index (χ2v) is 3.31. The number of hydrogen-bond acceptors (Lipinski definition) is 3. The fourth-order valence-corrected chi connectivity index (χ4v) is 1.55. The van der Waals surface area contributed by atoms with Gasteiger partial charge in [-0.2, -0.15) is 0 Å². The van der Waals surface area contributed by atoms with Crippen molar-refractivity contribution in [1.29, 1.82) is 0 Å². The smallest absolute Gasteiger partial charge is 0.114 e. The first-order valence-electron chi connectivity index (χ1n) is 3.94. The molecule has 0 amide bonds. The predicted octanol–water partition coefficient (Wildman–Crippen LogP) is 2.87. The third-order valence-electron chi connectivity index (χ3n) is 1.51. The number of nitrogen functional groups attached to an aromatic ring is 1. The topological polar surface area (TPSA) is 38.9 Å². The van der Waals surface area contributed by atoms with E-state index in [1.165, 1.54) is 11.3 Å². The Morgan fingerprint density at radius 3 is 2.92 bits per heavy atom. The van der Waals surface area contributed by atoms with E-state index in [1.807, 2.05) is 25.2 Å². The molecule has 0 fully saturated rings. The maximum absolute atomic E-state index is 5.75. The second-order valence-electron chi connectivity index (χ2n) is 2.42. The molecular weight excluding hydrogens is 180 g/mol.